The van der Waals surface area contributed by atoms with Crippen LogP contribution in [0.2, 0.25) is 0 Å². The summed E-state index contributed by atoms with van der Waals surface area (Å²) in [6.07, 6.45) is 6.22. The van der Waals surface area contributed by atoms with Crippen LogP contribution in [0.1, 0.15) is 104 Å². The molecule has 8 nitrogen and oxygen atoms in total. The van der Waals surface area contributed by atoms with E-state index in [0.717, 1.165) is 68.9 Å². The molecule has 55 heavy (non-hydrogen) atoms. The maximum atomic E-state index is 6.67. The van der Waals surface area contributed by atoms with Gasteiger partial charge in [-0.2, -0.15) is 10.2 Å². The third kappa shape index (κ3) is 9.08. The first-order chi connectivity index (χ1) is 25.9. The highest BCUT2D eigenvalue weighted by molar-refractivity contribution is 5.78. The van der Waals surface area contributed by atoms with Crippen molar-refractivity contribution < 1.29 is 14.9 Å². The number of nitrogens with one attached hydrogen (secondary N) is 3. The van der Waals surface area contributed by atoms with Crippen LogP contribution in [0.25, 0.3) is 22.1 Å². The van der Waals surface area contributed by atoms with Crippen LogP contribution in [0.15, 0.2) is 98.1 Å². The lowest BCUT2D eigenvalue weighted by atomic mass is 9.71. The molecule has 0 fully saturated rings. The van der Waals surface area contributed by atoms with Gasteiger partial charge >= 0.3 is 0 Å². The smallest absolute Gasteiger partial charge is 0.198 e. The molecule has 6 aromatic rings. The summed E-state index contributed by atoms with van der Waals surface area (Å²) >= 11 is 0. The van der Waals surface area contributed by atoms with Crippen LogP contribution in [0, 0.1) is 10.8 Å². The Morgan fingerprint density at radius 2 is 1.16 bits per heavy atom. The molecule has 292 valence electrons. The van der Waals surface area contributed by atoms with E-state index in [0.29, 0.717) is 19.6 Å². The first-order valence-corrected chi connectivity index (χ1v) is 19.6. The number of fused-ring (bicyclic) bond motifs is 2. The normalized spacial score (nSPS) is 12.8. The zero-order chi connectivity index (χ0) is 39.8. The van der Waals surface area contributed by atoms with Gasteiger partial charge in [-0.05, 0) is 76.0 Å². The molecule has 8 heteroatoms. The van der Waals surface area contributed by atoms with Crippen molar-refractivity contribution in [1.82, 2.24) is 19.8 Å². The molecule has 4 aromatic carbocycles. The maximum Gasteiger partial charge on any atom is 0.198 e. The Morgan fingerprint density at radius 1 is 0.655 bits per heavy atom. The number of aromatic amines is 2. The second kappa shape index (κ2) is 15.2. The zero-order valence-corrected chi connectivity index (χ0v) is 34.8. The van der Waals surface area contributed by atoms with Crippen molar-refractivity contribution in [2.45, 2.75) is 99.3 Å². The van der Waals surface area contributed by atoms with E-state index in [1.165, 1.54) is 11.1 Å². The predicted molar refractivity (Wildman–Crippen MR) is 230 cm³/mol. The van der Waals surface area contributed by atoms with Crippen LogP contribution in [0.5, 0.6) is 11.5 Å². The third-order valence-electron chi connectivity index (χ3n) is 10.2. The number of aromatic nitrogens is 4. The number of hydrogen-bond donors (Lipinski definition) is 4. The second-order valence-corrected chi connectivity index (χ2v) is 18.9. The highest BCUT2D eigenvalue weighted by atomic mass is 16.5. The average Bonchev–Trinajstić information content (AvgIpc) is 3.06. The molecule has 2 heterocycles. The number of anilines is 1. The number of H-pyrrole nitrogens is 2. The number of benzene rings is 4. The number of hydrogen-bond acceptors (Lipinski definition) is 3. The second-order valence-electron chi connectivity index (χ2n) is 18.9. The Morgan fingerprint density at radius 3 is 1.71 bits per heavy atom. The van der Waals surface area contributed by atoms with Gasteiger partial charge in [-0.3, -0.25) is 15.6 Å². The summed E-state index contributed by atoms with van der Waals surface area (Å²) in [4.78, 5) is 4.05. The predicted octanol–water partition coefficient (Wildman–Crippen LogP) is 10.9. The number of ether oxygens (including phenoxy) is 2. The fraction of sp³-hybridized carbons (Fsp3) is 0.404. The van der Waals surface area contributed by atoms with E-state index in [9.17, 15) is 0 Å². The molecule has 0 unspecified atom stereocenters. The summed E-state index contributed by atoms with van der Waals surface area (Å²) < 4.78 is 13.3. The Labute approximate surface area is 327 Å². The number of quaternary nitrogens is 1. The summed E-state index contributed by atoms with van der Waals surface area (Å²) in [5.41, 5.74) is 16.8. The molecule has 0 radical (unpaired) electrons. The van der Waals surface area contributed by atoms with Gasteiger partial charge < -0.3 is 9.47 Å². The van der Waals surface area contributed by atoms with Gasteiger partial charge in [-0.25, -0.2) is 0 Å². The van der Waals surface area contributed by atoms with Crippen molar-refractivity contribution in [3.8, 4) is 11.5 Å². The van der Waals surface area contributed by atoms with Crippen molar-refractivity contribution in [3.63, 3.8) is 0 Å². The van der Waals surface area contributed by atoms with Crippen molar-refractivity contribution >= 4 is 33.4 Å². The van der Waals surface area contributed by atoms with Gasteiger partial charge in [0.25, 0.3) is 0 Å². The van der Waals surface area contributed by atoms with Crippen LogP contribution in [0.4, 0.5) is 11.4 Å². The molecule has 0 aliphatic carbocycles. The van der Waals surface area contributed by atoms with Gasteiger partial charge in [0, 0.05) is 23.6 Å². The van der Waals surface area contributed by atoms with E-state index < -0.39 is 0 Å². The largest absolute Gasteiger partial charge is 0.487 e. The Hall–Kier alpha value is -5.08. The van der Waals surface area contributed by atoms with Gasteiger partial charge in [-0.1, -0.05) is 131 Å². The lowest BCUT2D eigenvalue weighted by molar-refractivity contribution is -0.640. The van der Waals surface area contributed by atoms with E-state index in [-0.39, 0.29) is 21.7 Å². The number of para-hydroxylation sites is 4. The summed E-state index contributed by atoms with van der Waals surface area (Å²) in [5, 5.41) is 6.94. The Balaban J connectivity index is 1.56. The van der Waals surface area contributed by atoms with Crippen molar-refractivity contribution in [2.75, 3.05) is 18.6 Å². The fourth-order valence-corrected chi connectivity index (χ4v) is 8.57. The summed E-state index contributed by atoms with van der Waals surface area (Å²) in [6.45, 7) is 32.1. The van der Waals surface area contributed by atoms with Crippen molar-refractivity contribution in [3.05, 3.63) is 120 Å². The van der Waals surface area contributed by atoms with Gasteiger partial charge in [-0.15, -0.1) is 4.79 Å². The minimum absolute atomic E-state index is 0.116. The molecule has 0 atom stereocenters. The van der Waals surface area contributed by atoms with Crippen LogP contribution in [0.3, 0.4) is 0 Å². The van der Waals surface area contributed by atoms with Crippen molar-refractivity contribution in [1.29, 1.82) is 0 Å². The summed E-state index contributed by atoms with van der Waals surface area (Å²) in [5.74, 6) is 1.63. The van der Waals surface area contributed by atoms with Crippen LogP contribution >= 0.6 is 0 Å². The highest BCUT2D eigenvalue weighted by Crippen LogP contribution is 2.44. The third-order valence-corrected chi connectivity index (χ3v) is 10.2. The molecule has 6 rings (SSSR count). The number of nitrogens with two attached hydrogens (primary N) is 1. The molecule has 0 aliphatic rings. The quantitative estimate of drug-likeness (QED) is 0.0452. The van der Waals surface area contributed by atoms with Gasteiger partial charge in [0.05, 0.1) is 16.7 Å². The van der Waals surface area contributed by atoms with Crippen molar-refractivity contribution in [2.24, 2.45) is 10.8 Å². The lowest BCUT2D eigenvalue weighted by Crippen LogP contribution is -2.83. The summed E-state index contributed by atoms with van der Waals surface area (Å²) in [6, 6.07) is 25.9. The fourth-order valence-electron chi connectivity index (χ4n) is 8.57. The molecular weight excluding hydrogens is 681 g/mol. The van der Waals surface area contributed by atoms with E-state index in [4.69, 9.17) is 9.47 Å². The molecule has 5 N–H and O–H groups in total. The Kier molecular flexibility index (Phi) is 11.0. The monoisotopic (exact) mass is 744 g/mol. The molecule has 0 saturated carbocycles. The Bertz CT molecular complexity index is 2120. The van der Waals surface area contributed by atoms with Crippen LogP contribution in [-0.2, 0) is 17.3 Å². The number of rotatable bonds is 16. The maximum absolute atomic E-state index is 6.67. The summed E-state index contributed by atoms with van der Waals surface area (Å²) in [7, 11) is 0. The van der Waals surface area contributed by atoms with E-state index in [2.05, 4.69) is 175 Å². The molecule has 0 saturated heterocycles. The first-order valence-electron chi connectivity index (χ1n) is 19.6. The standard InChI is InChI=1S/C47H62N6O2/c1-13-23-54-42-32(26-34(46(9,10)30-44(3,4)5)28-38(42)50-52-40-21-17-15-19-36(40)48-52)25-33-27-35(47(11,12)31-45(6,7)8)29-39(43(33)55-24-14-2)51-53-41-22-18-16-20-37(41)49-53/h13-22,26-29,48-51H,1-2,23-25,30-31H2,3-12H3/p+1. The average molecular weight is 744 g/mol. The molecule has 2 aromatic heterocycles. The van der Waals surface area contributed by atoms with E-state index >= 15 is 0 Å². The minimum Gasteiger partial charge on any atom is -0.487 e. The first kappa shape index (κ1) is 39.6. The van der Waals surface area contributed by atoms with Gasteiger partial charge in [0.1, 0.15) is 30.0 Å². The molecular formula is C47H63N6O2+. The molecule has 0 spiro atoms. The topological polar surface area (TPSA) is 88.5 Å². The minimum atomic E-state index is -0.130. The highest BCUT2D eigenvalue weighted by Gasteiger charge is 2.33. The van der Waals surface area contributed by atoms with Gasteiger partial charge in [0.15, 0.2) is 11.4 Å². The lowest BCUT2D eigenvalue weighted by Gasteiger charge is -2.34. The van der Waals surface area contributed by atoms with Crippen LogP contribution < -0.4 is 20.3 Å². The van der Waals surface area contributed by atoms with Crippen LogP contribution in [-0.4, -0.2) is 33.0 Å². The van der Waals surface area contributed by atoms with E-state index in [1.807, 2.05) is 16.9 Å². The molecule has 0 amide bonds. The SMILES string of the molecule is C=CCOc1c(Cc2cc(C(C)(C)CC(C)(C)C)cc([NH2+]n3[nH]c4ccccc43)c2OCC=C)cc(C(C)(C)CC(C)(C)C)cc1Nn1[nH]c2ccccc21. The number of nitrogens with zero attached hydrogens (tertiary/aromatic N) is 2. The molecule has 0 aliphatic heterocycles. The molecule has 0 bridgehead atoms. The van der Waals surface area contributed by atoms with E-state index in [1.54, 1.807) is 6.08 Å². The zero-order valence-electron chi connectivity index (χ0n) is 34.8. The van der Waals surface area contributed by atoms with Gasteiger partial charge in [0.2, 0.25) is 0 Å².